The Hall–Kier alpha value is -2.31. The van der Waals surface area contributed by atoms with Crippen LogP contribution >= 0.6 is 0 Å². The molecular weight excluding hydrogens is 290 g/mol. The second-order valence-corrected chi connectivity index (χ2v) is 5.40. The Bertz CT molecular complexity index is 613. The number of nitrogens with one attached hydrogen (secondary N) is 1. The van der Waals surface area contributed by atoms with E-state index in [1.165, 1.54) is 6.07 Å². The van der Waals surface area contributed by atoms with E-state index in [9.17, 15) is 13.6 Å². The van der Waals surface area contributed by atoms with Gasteiger partial charge in [0, 0.05) is 18.6 Å². The van der Waals surface area contributed by atoms with Crippen LogP contribution in [0.3, 0.4) is 0 Å². The largest absolute Gasteiger partial charge is 0.344 e. The molecule has 2 aromatic rings. The van der Waals surface area contributed by atoms with Crippen molar-refractivity contribution in [2.24, 2.45) is 5.92 Å². The number of pyridine rings is 1. The molecule has 0 aliphatic rings. The molecule has 0 radical (unpaired) electrons. The Labute approximate surface area is 127 Å². The van der Waals surface area contributed by atoms with Crippen LogP contribution in [0.5, 0.6) is 0 Å². The van der Waals surface area contributed by atoms with Crippen LogP contribution < -0.4 is 5.32 Å². The first-order valence-electron chi connectivity index (χ1n) is 7.01. The number of rotatable bonds is 6. The van der Waals surface area contributed by atoms with E-state index in [0.717, 1.165) is 11.8 Å². The molecule has 0 unspecified atom stereocenters. The summed E-state index contributed by atoms with van der Waals surface area (Å²) in [6.45, 7) is 1.33. The van der Waals surface area contributed by atoms with E-state index in [0.29, 0.717) is 17.0 Å². The minimum Gasteiger partial charge on any atom is -0.344 e. The van der Waals surface area contributed by atoms with E-state index in [4.69, 9.17) is 0 Å². The quantitative estimate of drug-likeness (QED) is 0.891. The Morgan fingerprint density at radius 2 is 2.14 bits per heavy atom. The van der Waals surface area contributed by atoms with Crippen LogP contribution in [0.2, 0.25) is 0 Å². The molecule has 2 heterocycles. The summed E-state index contributed by atoms with van der Waals surface area (Å²) in [6.07, 6.45) is 5.14. The highest BCUT2D eigenvalue weighted by molar-refractivity contribution is 5.92. The van der Waals surface area contributed by atoms with E-state index in [-0.39, 0.29) is 11.7 Å². The van der Waals surface area contributed by atoms with E-state index >= 15 is 0 Å². The van der Waals surface area contributed by atoms with Gasteiger partial charge in [-0.05, 0) is 30.0 Å². The first kappa shape index (κ1) is 16.1. The molecule has 1 amide bonds. The van der Waals surface area contributed by atoms with Crippen LogP contribution in [0.4, 0.5) is 8.78 Å². The fourth-order valence-electron chi connectivity index (χ4n) is 2.13. The first-order valence-corrected chi connectivity index (χ1v) is 7.01. The van der Waals surface area contributed by atoms with Crippen molar-refractivity contribution in [2.45, 2.75) is 32.9 Å². The fourth-order valence-corrected chi connectivity index (χ4v) is 2.13. The van der Waals surface area contributed by atoms with Crippen molar-refractivity contribution in [3.63, 3.8) is 0 Å². The molecule has 0 aliphatic heterocycles. The molecule has 5 nitrogen and oxygen atoms in total. The van der Waals surface area contributed by atoms with Crippen molar-refractivity contribution >= 4 is 5.91 Å². The SMILES string of the molecule is CC(C)C[C@@H](NC(=O)c1ccn(C(F)F)n1)c1cccnc1. The van der Waals surface area contributed by atoms with E-state index in [2.05, 4.69) is 15.4 Å². The molecule has 2 aromatic heterocycles. The minimum atomic E-state index is -2.76. The molecule has 0 saturated carbocycles. The highest BCUT2D eigenvalue weighted by Gasteiger charge is 2.19. The summed E-state index contributed by atoms with van der Waals surface area (Å²) in [4.78, 5) is 16.2. The summed E-state index contributed by atoms with van der Waals surface area (Å²) in [5.41, 5.74) is 0.843. The van der Waals surface area contributed by atoms with E-state index in [1.807, 2.05) is 19.9 Å². The van der Waals surface area contributed by atoms with Crippen LogP contribution in [0, 0.1) is 5.92 Å². The lowest BCUT2D eigenvalue weighted by molar-refractivity contribution is 0.0559. The normalized spacial score (nSPS) is 12.6. The first-order chi connectivity index (χ1) is 10.5. The number of aromatic nitrogens is 3. The molecule has 0 spiro atoms. The number of amides is 1. The number of hydrogen-bond donors (Lipinski definition) is 1. The maximum absolute atomic E-state index is 12.5. The summed E-state index contributed by atoms with van der Waals surface area (Å²) in [7, 11) is 0. The number of hydrogen-bond acceptors (Lipinski definition) is 3. The molecule has 22 heavy (non-hydrogen) atoms. The topological polar surface area (TPSA) is 59.8 Å². The Morgan fingerprint density at radius 3 is 2.68 bits per heavy atom. The monoisotopic (exact) mass is 308 g/mol. The second-order valence-electron chi connectivity index (χ2n) is 5.40. The standard InChI is InChI=1S/C15H18F2N4O/c1-10(2)8-13(11-4-3-6-18-9-11)19-14(22)12-5-7-21(20-12)15(16)17/h3-7,9-10,13,15H,8H2,1-2H3,(H,19,22)/t13-/m1/s1. The third-order valence-corrected chi connectivity index (χ3v) is 3.14. The van der Waals surface area contributed by atoms with Gasteiger partial charge in [-0.2, -0.15) is 13.9 Å². The van der Waals surface area contributed by atoms with Crippen LogP contribution in [-0.2, 0) is 0 Å². The molecule has 1 atom stereocenters. The maximum atomic E-state index is 12.5. The molecule has 0 aliphatic carbocycles. The van der Waals surface area contributed by atoms with Gasteiger partial charge >= 0.3 is 6.55 Å². The fraction of sp³-hybridized carbons (Fsp3) is 0.400. The number of carbonyl (C=O) groups excluding carboxylic acids is 1. The second kappa shape index (κ2) is 7.11. The highest BCUT2D eigenvalue weighted by atomic mass is 19.3. The van der Waals surface area contributed by atoms with Gasteiger partial charge in [0.2, 0.25) is 0 Å². The summed E-state index contributed by atoms with van der Waals surface area (Å²) in [5, 5.41) is 6.41. The van der Waals surface area contributed by atoms with E-state index in [1.54, 1.807) is 18.5 Å². The van der Waals surface area contributed by atoms with Gasteiger partial charge in [0.1, 0.15) is 5.69 Å². The molecule has 0 bridgehead atoms. The number of carbonyl (C=O) groups is 1. The molecule has 2 rings (SSSR count). The lowest BCUT2D eigenvalue weighted by Crippen LogP contribution is -2.30. The van der Waals surface area contributed by atoms with Crippen molar-refractivity contribution < 1.29 is 13.6 Å². The maximum Gasteiger partial charge on any atom is 0.333 e. The van der Waals surface area contributed by atoms with Crippen molar-refractivity contribution in [1.29, 1.82) is 0 Å². The van der Waals surface area contributed by atoms with Crippen molar-refractivity contribution in [3.8, 4) is 0 Å². The van der Waals surface area contributed by atoms with Crippen molar-refractivity contribution in [3.05, 3.63) is 48.0 Å². The predicted octanol–water partition coefficient (Wildman–Crippen LogP) is 3.19. The lowest BCUT2D eigenvalue weighted by atomic mass is 9.98. The average molecular weight is 308 g/mol. The third-order valence-electron chi connectivity index (χ3n) is 3.14. The van der Waals surface area contributed by atoms with Crippen molar-refractivity contribution in [1.82, 2.24) is 20.1 Å². The zero-order valence-corrected chi connectivity index (χ0v) is 12.4. The predicted molar refractivity (Wildman–Crippen MR) is 77.4 cm³/mol. The number of nitrogens with zero attached hydrogens (tertiary/aromatic N) is 3. The van der Waals surface area contributed by atoms with Gasteiger partial charge < -0.3 is 5.32 Å². The molecule has 0 saturated heterocycles. The molecule has 118 valence electrons. The van der Waals surface area contributed by atoms with Crippen molar-refractivity contribution in [2.75, 3.05) is 0 Å². The Balaban J connectivity index is 2.13. The molecule has 7 heteroatoms. The molecule has 0 aromatic carbocycles. The zero-order chi connectivity index (χ0) is 16.1. The summed E-state index contributed by atoms with van der Waals surface area (Å²) < 4.78 is 25.5. The van der Waals surface area contributed by atoms with Crippen LogP contribution in [-0.4, -0.2) is 20.7 Å². The zero-order valence-electron chi connectivity index (χ0n) is 12.4. The van der Waals surface area contributed by atoms with Gasteiger partial charge in [-0.1, -0.05) is 19.9 Å². The van der Waals surface area contributed by atoms with Gasteiger partial charge in [0.15, 0.2) is 0 Å². The minimum absolute atomic E-state index is 0.0297. The summed E-state index contributed by atoms with van der Waals surface area (Å²) in [6, 6.07) is 4.70. The molecule has 1 N–H and O–H groups in total. The van der Waals surface area contributed by atoms with Gasteiger partial charge in [0.05, 0.1) is 6.04 Å². The summed E-state index contributed by atoms with van der Waals surface area (Å²) >= 11 is 0. The molecule has 0 fully saturated rings. The van der Waals surface area contributed by atoms with Gasteiger partial charge in [-0.25, -0.2) is 4.68 Å². The molecular formula is C15H18F2N4O. The van der Waals surface area contributed by atoms with Crippen LogP contribution in [0.25, 0.3) is 0 Å². The van der Waals surface area contributed by atoms with Crippen LogP contribution in [0.1, 0.15) is 48.9 Å². The average Bonchev–Trinajstić information content (AvgIpc) is 2.97. The number of alkyl halides is 2. The highest BCUT2D eigenvalue weighted by Crippen LogP contribution is 2.21. The van der Waals surface area contributed by atoms with Gasteiger partial charge in [0.25, 0.3) is 5.91 Å². The Morgan fingerprint density at radius 1 is 1.36 bits per heavy atom. The summed E-state index contributed by atoms with van der Waals surface area (Å²) in [5.74, 6) is -0.127. The number of halogens is 2. The van der Waals surface area contributed by atoms with E-state index < -0.39 is 12.5 Å². The van der Waals surface area contributed by atoms with Crippen LogP contribution in [0.15, 0.2) is 36.8 Å². The van der Waals surface area contributed by atoms with Gasteiger partial charge in [-0.15, -0.1) is 0 Å². The third kappa shape index (κ3) is 4.09. The Kier molecular flexibility index (Phi) is 5.19. The van der Waals surface area contributed by atoms with Gasteiger partial charge in [-0.3, -0.25) is 9.78 Å². The lowest BCUT2D eigenvalue weighted by Gasteiger charge is -2.20. The smallest absolute Gasteiger partial charge is 0.333 e.